The van der Waals surface area contributed by atoms with Gasteiger partial charge in [-0.1, -0.05) is 77.8 Å². The number of phenols is 1. The lowest BCUT2D eigenvalue weighted by Gasteiger charge is -2.33. The minimum Gasteiger partial charge on any atom is -0.508 e. The number of hydrogen-bond donors (Lipinski definition) is 12. The van der Waals surface area contributed by atoms with E-state index in [2.05, 4.69) is 47.4 Å². The fourth-order valence-electron chi connectivity index (χ4n) is 9.72. The number of hydrogen-bond acceptors (Lipinski definition) is 14. The van der Waals surface area contributed by atoms with Crippen LogP contribution in [0.15, 0.2) is 24.3 Å². The molecule has 0 radical (unpaired) electrons. The average Bonchev–Trinajstić information content (AvgIpc) is 3.92. The number of carbonyl (C=O) groups is 7. The van der Waals surface area contributed by atoms with E-state index in [-0.39, 0.29) is 57.4 Å². The lowest BCUT2D eigenvalue weighted by molar-refractivity contribution is -0.145. The van der Waals surface area contributed by atoms with Gasteiger partial charge in [0, 0.05) is 45.3 Å². The monoisotopic (exact) mass is 1000 g/mol. The molecule has 3 saturated heterocycles. The number of rotatable bonds is 20. The van der Waals surface area contributed by atoms with Crippen molar-refractivity contribution < 1.29 is 64.2 Å². The largest absolute Gasteiger partial charge is 0.508 e. The van der Waals surface area contributed by atoms with Crippen molar-refractivity contribution in [2.45, 2.75) is 197 Å². The van der Waals surface area contributed by atoms with Crippen LogP contribution in [-0.4, -0.2) is 175 Å². The molecule has 21 nitrogen and oxygen atoms in total. The molecule has 13 N–H and O–H groups in total. The Kier molecular flexibility index (Phi) is 23.9. The highest BCUT2D eigenvalue weighted by Crippen LogP contribution is 2.24. The molecule has 21 heteroatoms. The topological polar surface area (TPSA) is 334 Å². The summed E-state index contributed by atoms with van der Waals surface area (Å²) in [6.45, 7) is 7.03. The maximum Gasteiger partial charge on any atom is 0.248 e. The first kappa shape index (κ1) is 58.6. The Labute approximate surface area is 417 Å². The molecule has 7 amide bonds. The van der Waals surface area contributed by atoms with E-state index in [4.69, 9.17) is 5.73 Å². The van der Waals surface area contributed by atoms with Gasteiger partial charge in [0.2, 0.25) is 41.4 Å². The number of benzene rings is 1. The molecule has 3 heterocycles. The number of carbonyl (C=O) groups excluding carboxylic acids is 7. The molecule has 0 spiro atoms. The average molecular weight is 1000 g/mol. The Morgan fingerprint density at radius 2 is 1.44 bits per heavy atom. The highest BCUT2D eigenvalue weighted by molar-refractivity contribution is 5.98. The molecule has 3 aliphatic heterocycles. The van der Waals surface area contributed by atoms with Gasteiger partial charge in [0.1, 0.15) is 42.0 Å². The molecule has 13 atom stereocenters. The van der Waals surface area contributed by atoms with Gasteiger partial charge in [-0.2, -0.15) is 0 Å². The number of aliphatic hydroxyl groups is 5. The molecule has 3 aliphatic rings. The van der Waals surface area contributed by atoms with Crippen LogP contribution < -0.4 is 32.3 Å². The van der Waals surface area contributed by atoms with Gasteiger partial charge >= 0.3 is 0 Å². The fourth-order valence-corrected chi connectivity index (χ4v) is 9.72. The molecule has 3 fully saturated rings. The number of phenolic OH excluding ortho intramolecular Hbond substituents is 1. The molecule has 0 saturated carbocycles. The summed E-state index contributed by atoms with van der Waals surface area (Å²) in [5.41, 5.74) is 6.24. The van der Waals surface area contributed by atoms with E-state index in [1.807, 2.05) is 0 Å². The van der Waals surface area contributed by atoms with Crippen LogP contribution in [-0.2, 0) is 40.0 Å². The highest BCUT2D eigenvalue weighted by Gasteiger charge is 2.47. The van der Waals surface area contributed by atoms with Crippen LogP contribution in [0.5, 0.6) is 5.75 Å². The van der Waals surface area contributed by atoms with Crippen LogP contribution in [0.4, 0.5) is 0 Å². The van der Waals surface area contributed by atoms with Gasteiger partial charge in [0.05, 0.1) is 30.5 Å². The Morgan fingerprint density at radius 1 is 0.775 bits per heavy atom. The van der Waals surface area contributed by atoms with Crippen molar-refractivity contribution in [3.8, 4) is 5.75 Å². The van der Waals surface area contributed by atoms with Crippen LogP contribution >= 0.6 is 0 Å². The molecule has 1 aromatic carbocycles. The van der Waals surface area contributed by atoms with Crippen molar-refractivity contribution in [3.05, 3.63) is 29.8 Å². The maximum absolute atomic E-state index is 14.3. The van der Waals surface area contributed by atoms with Crippen molar-refractivity contribution >= 4 is 41.4 Å². The number of nitrogens with zero attached hydrogens (tertiary/aromatic N) is 2. The Bertz CT molecular complexity index is 1910. The highest BCUT2D eigenvalue weighted by atomic mass is 16.3. The summed E-state index contributed by atoms with van der Waals surface area (Å²) < 4.78 is 0. The minimum absolute atomic E-state index is 0.0209. The number of nitrogens with one attached hydrogen (secondary N) is 5. The quantitative estimate of drug-likeness (QED) is 0.0723. The second-order valence-electron chi connectivity index (χ2n) is 20.1. The molecular weight excluding hydrogens is 921 g/mol. The van der Waals surface area contributed by atoms with Crippen LogP contribution in [0.25, 0.3) is 0 Å². The second kappa shape index (κ2) is 28.9. The first-order valence-electron chi connectivity index (χ1n) is 25.7. The van der Waals surface area contributed by atoms with Gasteiger partial charge in [-0.05, 0) is 75.1 Å². The molecule has 0 aliphatic carbocycles. The summed E-state index contributed by atoms with van der Waals surface area (Å²) >= 11 is 0. The van der Waals surface area contributed by atoms with Crippen molar-refractivity contribution in [1.82, 2.24) is 36.4 Å². The minimum atomic E-state index is -1.81. The molecular formula is C50H82N8O13. The van der Waals surface area contributed by atoms with E-state index < -0.39 is 128 Å². The molecule has 71 heavy (non-hydrogen) atoms. The molecule has 0 bridgehead atoms. The second-order valence-corrected chi connectivity index (χ2v) is 20.1. The number of nitrogens with two attached hydrogens (primary N) is 1. The van der Waals surface area contributed by atoms with E-state index in [1.165, 1.54) is 50.5 Å². The predicted octanol–water partition coefficient (Wildman–Crippen LogP) is -0.648. The SMILES string of the molecule is CCC(C)CC(C)CCCCCCCCC(=O)NC1CC(O)CNC(=O)C2C(O)CCN2C(=O)C(CCCN)NC(=O)C(C(O)Cc2ccc(O)cc2)NC(=O)C2CC(O)CN2C(=O)C(C(C)O)NC1=O. The molecule has 4 rings (SSSR count). The number of amides is 7. The third-order valence-electron chi connectivity index (χ3n) is 14.0. The van der Waals surface area contributed by atoms with E-state index >= 15 is 0 Å². The summed E-state index contributed by atoms with van der Waals surface area (Å²) in [7, 11) is 0. The van der Waals surface area contributed by atoms with Crippen LogP contribution in [0.3, 0.4) is 0 Å². The molecule has 1 aromatic rings. The van der Waals surface area contributed by atoms with Crippen molar-refractivity contribution in [2.24, 2.45) is 17.6 Å². The van der Waals surface area contributed by atoms with Gasteiger partial charge in [-0.25, -0.2) is 0 Å². The van der Waals surface area contributed by atoms with Crippen LogP contribution in [0.1, 0.15) is 130 Å². The molecule has 400 valence electrons. The number of fused-ring (bicyclic) bond motifs is 2. The van der Waals surface area contributed by atoms with Gasteiger partial charge in [0.25, 0.3) is 0 Å². The normalized spacial score (nSPS) is 28.1. The predicted molar refractivity (Wildman–Crippen MR) is 262 cm³/mol. The first-order chi connectivity index (χ1) is 33.7. The molecule has 0 aromatic heterocycles. The van der Waals surface area contributed by atoms with Crippen molar-refractivity contribution in [2.75, 3.05) is 26.2 Å². The fraction of sp³-hybridized carbons (Fsp3) is 0.740. The summed E-state index contributed by atoms with van der Waals surface area (Å²) in [4.78, 5) is 100. The van der Waals surface area contributed by atoms with E-state index in [9.17, 15) is 64.2 Å². The van der Waals surface area contributed by atoms with Gasteiger partial charge in [-0.15, -0.1) is 0 Å². The zero-order chi connectivity index (χ0) is 52.4. The number of aromatic hydroxyl groups is 1. The Balaban J connectivity index is 1.61. The Morgan fingerprint density at radius 3 is 2.10 bits per heavy atom. The van der Waals surface area contributed by atoms with Gasteiger partial charge in [0.15, 0.2) is 0 Å². The number of aliphatic hydroxyl groups excluding tert-OH is 5. The summed E-state index contributed by atoms with van der Waals surface area (Å²) in [6.07, 6.45) is 0.643. The summed E-state index contributed by atoms with van der Waals surface area (Å²) in [6, 6.07) is -3.77. The summed E-state index contributed by atoms with van der Waals surface area (Å²) in [5, 5.41) is 78.2. The molecule has 13 unspecified atom stereocenters. The summed E-state index contributed by atoms with van der Waals surface area (Å²) in [5.74, 6) is -4.89. The Hall–Kier alpha value is -4.93. The zero-order valence-corrected chi connectivity index (χ0v) is 42.0. The smallest absolute Gasteiger partial charge is 0.248 e. The maximum atomic E-state index is 14.3. The standard InChI is InChI=1S/C50H82N8O13/c1-5-29(2)23-30(3)13-10-8-6-7-9-11-15-41(65)53-37-25-34(61)27-52-48(69)44-39(63)20-22-57(44)49(70)36(14-12-21-51)54-47(68)43(40(64)24-32-16-18-33(60)19-17-32)56-46(67)38-26-35(62)28-58(38)50(71)42(31(4)59)55-45(37)66/h16-19,29-31,34-40,42-44,59-64H,5-15,20-28,51H2,1-4H3,(H,52,69)(H,53,65)(H,54,68)(H,55,66)(H,56,67). The first-order valence-corrected chi connectivity index (χ1v) is 25.7. The lowest BCUT2D eigenvalue weighted by Crippen LogP contribution is -2.62. The van der Waals surface area contributed by atoms with Crippen molar-refractivity contribution in [1.29, 1.82) is 0 Å². The van der Waals surface area contributed by atoms with Crippen molar-refractivity contribution in [3.63, 3.8) is 0 Å². The van der Waals surface area contributed by atoms with Crippen LogP contribution in [0, 0.1) is 11.8 Å². The van der Waals surface area contributed by atoms with Gasteiger partial charge in [-0.3, -0.25) is 33.6 Å². The zero-order valence-electron chi connectivity index (χ0n) is 42.0. The third kappa shape index (κ3) is 18.0. The lowest BCUT2D eigenvalue weighted by atomic mass is 9.91. The number of unbranched alkanes of at least 4 members (excludes halogenated alkanes) is 5. The van der Waals surface area contributed by atoms with E-state index in [0.717, 1.165) is 41.9 Å². The van der Waals surface area contributed by atoms with Crippen LogP contribution in [0.2, 0.25) is 0 Å². The van der Waals surface area contributed by atoms with E-state index in [0.29, 0.717) is 23.8 Å². The van der Waals surface area contributed by atoms with E-state index in [1.54, 1.807) is 0 Å². The third-order valence-corrected chi connectivity index (χ3v) is 14.0. The number of β-amino-alcohol motifs (C(OH)–C–C–N with tert-alkyl or cyclic N) is 1. The van der Waals surface area contributed by atoms with Gasteiger partial charge < -0.3 is 72.8 Å².